The summed E-state index contributed by atoms with van der Waals surface area (Å²) in [5.74, 6) is -0.359. The van der Waals surface area contributed by atoms with Gasteiger partial charge in [-0.1, -0.05) is 30.3 Å². The lowest BCUT2D eigenvalue weighted by molar-refractivity contribution is -0.145. The van der Waals surface area contributed by atoms with Gasteiger partial charge in [-0.25, -0.2) is 0 Å². The van der Waals surface area contributed by atoms with Crippen LogP contribution in [0.4, 0.5) is 0 Å². The minimum Gasteiger partial charge on any atom is -0.443 e. The number of nitrogens with zero attached hydrogens (tertiary/aromatic N) is 1. The van der Waals surface area contributed by atoms with E-state index in [1.54, 1.807) is 0 Å². The quantitative estimate of drug-likeness (QED) is 0.687. The first kappa shape index (κ1) is 9.72. The van der Waals surface area contributed by atoms with Gasteiger partial charge < -0.3 is 4.74 Å². The first-order chi connectivity index (χ1) is 7.18. The van der Waals surface area contributed by atoms with Crippen LogP contribution in [0.25, 0.3) is 0 Å². The highest BCUT2D eigenvalue weighted by molar-refractivity contribution is 5.68. The van der Waals surface area contributed by atoms with Crippen LogP contribution >= 0.6 is 0 Å². The lowest BCUT2D eigenvalue weighted by Gasteiger charge is -2.08. The van der Waals surface area contributed by atoms with Gasteiger partial charge in [0.25, 0.3) is 0 Å². The molecule has 0 bridgehead atoms. The fraction of sp³-hybridized carbons (Fsp3) is 0.333. The minimum atomic E-state index is -0.910. The molecule has 0 aromatic heterocycles. The molecule has 3 heteroatoms. The third-order valence-electron chi connectivity index (χ3n) is 2.63. The predicted octanol–water partition coefficient (Wildman–Crippen LogP) is 2.00. The van der Waals surface area contributed by atoms with Gasteiger partial charge in [-0.3, -0.25) is 4.79 Å². The van der Waals surface area contributed by atoms with Gasteiger partial charge in [0, 0.05) is 19.3 Å². The van der Waals surface area contributed by atoms with Crippen molar-refractivity contribution in [2.24, 2.45) is 0 Å². The Morgan fingerprint density at radius 3 is 2.73 bits per heavy atom. The molecule has 0 unspecified atom stereocenters. The fourth-order valence-corrected chi connectivity index (χ4v) is 1.83. The third kappa shape index (κ3) is 1.71. The van der Waals surface area contributed by atoms with E-state index in [-0.39, 0.29) is 5.92 Å². The highest BCUT2D eigenvalue weighted by Gasteiger charge is 2.59. The average Bonchev–Trinajstić information content (AvgIpc) is 2.94. The number of carbonyl (C=O) groups is 1. The van der Waals surface area contributed by atoms with E-state index in [2.05, 4.69) is 6.07 Å². The molecule has 1 aliphatic rings. The van der Waals surface area contributed by atoms with Crippen molar-refractivity contribution in [1.29, 1.82) is 5.26 Å². The summed E-state index contributed by atoms with van der Waals surface area (Å²) in [4.78, 5) is 10.9. The maximum Gasteiger partial charge on any atom is 0.304 e. The number of esters is 1. The highest BCUT2D eigenvalue weighted by Crippen LogP contribution is 2.53. The minimum absolute atomic E-state index is 0.0348. The second-order valence-electron chi connectivity index (χ2n) is 3.76. The largest absolute Gasteiger partial charge is 0.443 e. The Bertz CT molecular complexity index is 421. The molecule has 0 saturated heterocycles. The van der Waals surface area contributed by atoms with Crippen LogP contribution in [0, 0.1) is 11.3 Å². The number of ether oxygens (including phenoxy) is 1. The van der Waals surface area contributed by atoms with E-state index in [1.807, 2.05) is 30.3 Å². The molecular formula is C12H11NO2. The van der Waals surface area contributed by atoms with E-state index < -0.39 is 11.6 Å². The Balaban J connectivity index is 2.17. The Kier molecular flexibility index (Phi) is 2.20. The summed E-state index contributed by atoms with van der Waals surface area (Å²) in [6.45, 7) is 1.33. The maximum absolute atomic E-state index is 10.9. The van der Waals surface area contributed by atoms with Crippen LogP contribution in [0.1, 0.15) is 24.8 Å². The van der Waals surface area contributed by atoms with Crippen LogP contribution in [0.5, 0.6) is 0 Å². The smallest absolute Gasteiger partial charge is 0.304 e. The topological polar surface area (TPSA) is 50.1 Å². The molecule has 2 rings (SSSR count). The van der Waals surface area contributed by atoms with E-state index in [9.17, 15) is 4.79 Å². The molecule has 0 aliphatic heterocycles. The van der Waals surface area contributed by atoms with Gasteiger partial charge >= 0.3 is 5.97 Å². The number of hydrogen-bond acceptors (Lipinski definition) is 3. The van der Waals surface area contributed by atoms with Crippen LogP contribution in [-0.4, -0.2) is 11.6 Å². The first-order valence-electron chi connectivity index (χ1n) is 4.84. The maximum atomic E-state index is 10.9. The lowest BCUT2D eigenvalue weighted by atomic mass is 10.1. The number of nitriles is 1. The van der Waals surface area contributed by atoms with Crippen LogP contribution in [0.2, 0.25) is 0 Å². The van der Waals surface area contributed by atoms with Crippen molar-refractivity contribution in [2.45, 2.75) is 24.9 Å². The van der Waals surface area contributed by atoms with E-state index >= 15 is 0 Å². The Morgan fingerprint density at radius 1 is 1.53 bits per heavy atom. The van der Waals surface area contributed by atoms with Crippen molar-refractivity contribution in [3.8, 4) is 6.07 Å². The first-order valence-corrected chi connectivity index (χ1v) is 4.84. The van der Waals surface area contributed by atoms with E-state index in [1.165, 1.54) is 6.92 Å². The van der Waals surface area contributed by atoms with Gasteiger partial charge in [0.1, 0.15) is 6.07 Å². The molecule has 1 aromatic carbocycles. The molecule has 3 nitrogen and oxygen atoms in total. The summed E-state index contributed by atoms with van der Waals surface area (Å²) >= 11 is 0. The van der Waals surface area contributed by atoms with Crippen molar-refractivity contribution in [1.82, 2.24) is 0 Å². The van der Waals surface area contributed by atoms with Crippen molar-refractivity contribution in [3.05, 3.63) is 35.9 Å². The van der Waals surface area contributed by atoms with Crippen molar-refractivity contribution in [3.63, 3.8) is 0 Å². The van der Waals surface area contributed by atoms with Crippen LogP contribution < -0.4 is 0 Å². The Hall–Kier alpha value is -1.82. The molecule has 0 N–H and O–H groups in total. The Labute approximate surface area is 88.3 Å². The van der Waals surface area contributed by atoms with E-state index in [4.69, 9.17) is 10.00 Å². The monoisotopic (exact) mass is 201 g/mol. The Morgan fingerprint density at radius 2 is 2.20 bits per heavy atom. The normalized spacial score (nSPS) is 27.9. The molecule has 15 heavy (non-hydrogen) atoms. The molecule has 1 aliphatic carbocycles. The molecule has 0 radical (unpaired) electrons. The van der Waals surface area contributed by atoms with Gasteiger partial charge in [-0.2, -0.15) is 5.26 Å². The summed E-state index contributed by atoms with van der Waals surface area (Å²) in [5, 5.41) is 9.01. The summed E-state index contributed by atoms with van der Waals surface area (Å²) in [6.07, 6.45) is 0.604. The number of hydrogen-bond donors (Lipinski definition) is 0. The van der Waals surface area contributed by atoms with Crippen LogP contribution in [0.3, 0.4) is 0 Å². The van der Waals surface area contributed by atoms with Gasteiger partial charge in [0.15, 0.2) is 0 Å². The van der Waals surface area contributed by atoms with E-state index in [0.29, 0.717) is 6.42 Å². The molecule has 0 heterocycles. The molecule has 76 valence electrons. The summed E-state index contributed by atoms with van der Waals surface area (Å²) in [7, 11) is 0. The van der Waals surface area contributed by atoms with Crippen LogP contribution in [0.15, 0.2) is 30.3 Å². The number of rotatable bonds is 2. The highest BCUT2D eigenvalue weighted by atomic mass is 16.6. The van der Waals surface area contributed by atoms with Crippen LogP contribution in [-0.2, 0) is 9.53 Å². The summed E-state index contributed by atoms with van der Waals surface area (Å²) in [5.41, 5.74) is 0.146. The second-order valence-corrected chi connectivity index (χ2v) is 3.76. The zero-order chi connectivity index (χ0) is 10.9. The molecule has 0 amide bonds. The molecule has 1 aromatic rings. The van der Waals surface area contributed by atoms with Crippen molar-refractivity contribution in [2.75, 3.05) is 0 Å². The zero-order valence-corrected chi connectivity index (χ0v) is 8.43. The molecule has 2 atom stereocenters. The fourth-order valence-electron chi connectivity index (χ4n) is 1.83. The zero-order valence-electron chi connectivity index (χ0n) is 8.43. The van der Waals surface area contributed by atoms with Gasteiger partial charge in [-0.15, -0.1) is 0 Å². The third-order valence-corrected chi connectivity index (χ3v) is 2.63. The molecule has 0 spiro atoms. The number of benzene rings is 1. The standard InChI is InChI=1S/C12H11NO2/c1-9(14)15-12(8-13)7-11(12)10-5-3-2-4-6-10/h2-6,11H,7H2,1H3/t11-,12-/m0/s1. The average molecular weight is 201 g/mol. The summed E-state index contributed by atoms with van der Waals surface area (Å²) in [6, 6.07) is 11.8. The van der Waals surface area contributed by atoms with Gasteiger partial charge in [0.2, 0.25) is 5.60 Å². The molecule has 1 fully saturated rings. The van der Waals surface area contributed by atoms with Crippen molar-refractivity contribution >= 4 is 5.97 Å². The van der Waals surface area contributed by atoms with E-state index in [0.717, 1.165) is 5.56 Å². The second kappa shape index (κ2) is 3.39. The summed E-state index contributed by atoms with van der Waals surface area (Å²) < 4.78 is 5.06. The SMILES string of the molecule is CC(=O)O[C@]1(C#N)C[C@H]1c1ccccc1. The van der Waals surface area contributed by atoms with Crippen molar-refractivity contribution < 1.29 is 9.53 Å². The predicted molar refractivity (Wildman–Crippen MR) is 53.9 cm³/mol. The molecule has 1 saturated carbocycles. The number of carbonyl (C=O) groups excluding carboxylic acids is 1. The lowest BCUT2D eigenvalue weighted by Crippen LogP contribution is -2.17. The van der Waals surface area contributed by atoms with Gasteiger partial charge in [0.05, 0.1) is 0 Å². The van der Waals surface area contributed by atoms with Gasteiger partial charge in [-0.05, 0) is 5.56 Å². The molecular weight excluding hydrogens is 190 g/mol.